The minimum atomic E-state index is -0.0703. The molecular weight excluding hydrogens is 296 g/mol. The van der Waals surface area contributed by atoms with Crippen LogP contribution in [0, 0.1) is 11.8 Å². The summed E-state index contributed by atoms with van der Waals surface area (Å²) in [5, 5.41) is 5.41. The number of aryl methyl sites for hydroxylation is 1. The molecule has 0 amide bonds. The zero-order valence-electron chi connectivity index (χ0n) is 13.6. The molecule has 0 bridgehead atoms. The van der Waals surface area contributed by atoms with Gasteiger partial charge in [-0.05, 0) is 37.5 Å². The van der Waals surface area contributed by atoms with Gasteiger partial charge in [-0.15, -0.1) is 5.10 Å². The molecule has 1 fully saturated rings. The number of nitrogens with zero attached hydrogens (tertiary/aromatic N) is 4. The fourth-order valence-corrected chi connectivity index (χ4v) is 4.16. The topological polar surface area (TPSA) is 50.5 Å². The Morgan fingerprint density at radius 1 is 1.36 bits per heavy atom. The van der Waals surface area contributed by atoms with Crippen LogP contribution in [0.25, 0.3) is 4.96 Å². The van der Waals surface area contributed by atoms with Crippen molar-refractivity contribution in [2.75, 3.05) is 18.0 Å². The van der Waals surface area contributed by atoms with Gasteiger partial charge in [-0.25, -0.2) is 4.98 Å². The van der Waals surface area contributed by atoms with E-state index in [0.717, 1.165) is 42.2 Å². The van der Waals surface area contributed by atoms with Crippen LogP contribution >= 0.6 is 11.3 Å². The molecule has 22 heavy (non-hydrogen) atoms. The average Bonchev–Trinajstić information content (AvgIpc) is 2.92. The minimum Gasteiger partial charge on any atom is -0.347 e. The SMILES string of the molecule is CCc1cc(=O)n2nc(N3CCC(CC(C)C)CC3)sc2n1. The molecule has 3 heterocycles. The normalized spacial score (nSPS) is 16.8. The lowest BCUT2D eigenvalue weighted by Gasteiger charge is -2.32. The molecule has 1 saturated heterocycles. The van der Waals surface area contributed by atoms with E-state index in [4.69, 9.17) is 0 Å². The first-order chi connectivity index (χ1) is 10.6. The van der Waals surface area contributed by atoms with Crippen LogP contribution in [0.2, 0.25) is 0 Å². The quantitative estimate of drug-likeness (QED) is 0.869. The minimum absolute atomic E-state index is 0.0703. The molecule has 0 saturated carbocycles. The lowest BCUT2D eigenvalue weighted by molar-refractivity contribution is 0.338. The molecule has 0 atom stereocenters. The highest BCUT2D eigenvalue weighted by molar-refractivity contribution is 7.20. The number of fused-ring (bicyclic) bond motifs is 1. The molecule has 2 aromatic heterocycles. The first-order valence-electron chi connectivity index (χ1n) is 8.21. The molecule has 1 aliphatic heterocycles. The maximum Gasteiger partial charge on any atom is 0.275 e. The van der Waals surface area contributed by atoms with Gasteiger partial charge < -0.3 is 4.90 Å². The highest BCUT2D eigenvalue weighted by Gasteiger charge is 2.22. The van der Waals surface area contributed by atoms with Gasteiger partial charge in [0.25, 0.3) is 5.56 Å². The van der Waals surface area contributed by atoms with E-state index in [1.807, 2.05) is 6.92 Å². The standard InChI is InChI=1S/C16H24N4OS/c1-4-13-10-14(21)20-15(17-13)22-16(18-20)19-7-5-12(6-8-19)9-11(2)3/h10-12H,4-9H2,1-3H3. The van der Waals surface area contributed by atoms with Gasteiger partial charge in [0, 0.05) is 24.8 Å². The summed E-state index contributed by atoms with van der Waals surface area (Å²) in [5.41, 5.74) is 0.773. The van der Waals surface area contributed by atoms with Crippen molar-refractivity contribution in [2.45, 2.75) is 46.5 Å². The number of piperidine rings is 1. The van der Waals surface area contributed by atoms with Crippen molar-refractivity contribution in [3.63, 3.8) is 0 Å². The maximum absolute atomic E-state index is 12.1. The van der Waals surface area contributed by atoms with E-state index in [0.29, 0.717) is 4.96 Å². The van der Waals surface area contributed by atoms with Gasteiger partial charge in [-0.2, -0.15) is 4.52 Å². The number of anilines is 1. The number of hydrogen-bond donors (Lipinski definition) is 0. The van der Waals surface area contributed by atoms with Crippen LogP contribution in [0.5, 0.6) is 0 Å². The molecule has 0 spiro atoms. The molecule has 3 rings (SSSR count). The highest BCUT2D eigenvalue weighted by atomic mass is 32.1. The van der Waals surface area contributed by atoms with Crippen molar-refractivity contribution in [1.82, 2.24) is 14.6 Å². The van der Waals surface area contributed by atoms with Crippen LogP contribution in [-0.2, 0) is 6.42 Å². The third kappa shape index (κ3) is 3.16. The van der Waals surface area contributed by atoms with Crippen LogP contribution in [0.4, 0.5) is 5.13 Å². The van der Waals surface area contributed by atoms with Gasteiger partial charge in [-0.1, -0.05) is 32.1 Å². The van der Waals surface area contributed by atoms with Gasteiger partial charge in [0.15, 0.2) is 0 Å². The summed E-state index contributed by atoms with van der Waals surface area (Å²) >= 11 is 1.53. The Morgan fingerprint density at radius 2 is 2.09 bits per heavy atom. The maximum atomic E-state index is 12.1. The average molecular weight is 320 g/mol. The third-order valence-electron chi connectivity index (χ3n) is 4.34. The summed E-state index contributed by atoms with van der Waals surface area (Å²) in [5.74, 6) is 1.60. The second-order valence-electron chi connectivity index (χ2n) is 6.58. The Hall–Kier alpha value is -1.43. The molecule has 0 radical (unpaired) electrons. The van der Waals surface area contributed by atoms with E-state index in [1.54, 1.807) is 6.07 Å². The van der Waals surface area contributed by atoms with E-state index >= 15 is 0 Å². The zero-order valence-corrected chi connectivity index (χ0v) is 14.4. The predicted molar refractivity (Wildman–Crippen MR) is 90.9 cm³/mol. The Morgan fingerprint density at radius 3 is 2.73 bits per heavy atom. The lowest BCUT2D eigenvalue weighted by Crippen LogP contribution is -2.34. The Kier molecular flexibility index (Phi) is 4.47. The first kappa shape index (κ1) is 15.5. The second-order valence-corrected chi connectivity index (χ2v) is 7.51. The third-order valence-corrected chi connectivity index (χ3v) is 5.31. The molecule has 5 nitrogen and oxygen atoms in total. The van der Waals surface area contributed by atoms with Crippen LogP contribution in [0.1, 0.15) is 45.7 Å². The van der Waals surface area contributed by atoms with E-state index in [2.05, 4.69) is 28.8 Å². The number of rotatable bonds is 4. The largest absolute Gasteiger partial charge is 0.347 e. The first-order valence-corrected chi connectivity index (χ1v) is 9.03. The van der Waals surface area contributed by atoms with Crippen molar-refractivity contribution < 1.29 is 0 Å². The van der Waals surface area contributed by atoms with E-state index in [1.165, 1.54) is 35.1 Å². The second kappa shape index (κ2) is 6.36. The Balaban J connectivity index is 1.77. The van der Waals surface area contributed by atoms with Crippen LogP contribution in [0.3, 0.4) is 0 Å². The summed E-state index contributed by atoms with van der Waals surface area (Å²) in [6, 6.07) is 1.59. The zero-order chi connectivity index (χ0) is 15.7. The summed E-state index contributed by atoms with van der Waals surface area (Å²) in [7, 11) is 0. The molecule has 0 N–H and O–H groups in total. The summed E-state index contributed by atoms with van der Waals surface area (Å²) < 4.78 is 1.44. The van der Waals surface area contributed by atoms with Crippen LogP contribution in [-0.4, -0.2) is 27.7 Å². The Bertz CT molecular complexity index is 698. The molecule has 6 heteroatoms. The predicted octanol–water partition coefficient (Wildman–Crippen LogP) is 2.98. The molecule has 120 valence electrons. The fraction of sp³-hybridized carbons (Fsp3) is 0.688. The summed E-state index contributed by atoms with van der Waals surface area (Å²) in [4.78, 5) is 19.6. The number of hydrogen-bond acceptors (Lipinski definition) is 5. The van der Waals surface area contributed by atoms with Crippen molar-refractivity contribution >= 4 is 21.4 Å². The van der Waals surface area contributed by atoms with Gasteiger partial charge >= 0.3 is 0 Å². The van der Waals surface area contributed by atoms with Crippen molar-refractivity contribution in [1.29, 1.82) is 0 Å². The molecule has 0 aromatic carbocycles. The van der Waals surface area contributed by atoms with Gasteiger partial charge in [0.2, 0.25) is 10.1 Å². The van der Waals surface area contributed by atoms with E-state index in [-0.39, 0.29) is 5.56 Å². The monoisotopic (exact) mass is 320 g/mol. The van der Waals surface area contributed by atoms with Crippen molar-refractivity contribution in [3.05, 3.63) is 22.1 Å². The van der Waals surface area contributed by atoms with E-state index in [9.17, 15) is 4.79 Å². The fourth-order valence-electron chi connectivity index (χ4n) is 3.18. The highest BCUT2D eigenvalue weighted by Crippen LogP contribution is 2.29. The molecule has 0 aliphatic carbocycles. The Labute approximate surface area is 135 Å². The van der Waals surface area contributed by atoms with Crippen LogP contribution < -0.4 is 10.5 Å². The van der Waals surface area contributed by atoms with Gasteiger partial charge in [0.05, 0.1) is 0 Å². The van der Waals surface area contributed by atoms with Crippen molar-refractivity contribution in [2.24, 2.45) is 11.8 Å². The summed E-state index contributed by atoms with van der Waals surface area (Å²) in [6.45, 7) is 8.67. The smallest absolute Gasteiger partial charge is 0.275 e. The molecule has 2 aromatic rings. The van der Waals surface area contributed by atoms with Gasteiger partial charge in [0.1, 0.15) is 0 Å². The number of aromatic nitrogens is 3. The van der Waals surface area contributed by atoms with Crippen LogP contribution in [0.15, 0.2) is 10.9 Å². The molecule has 0 unspecified atom stereocenters. The van der Waals surface area contributed by atoms with Crippen molar-refractivity contribution in [3.8, 4) is 0 Å². The van der Waals surface area contributed by atoms with Gasteiger partial charge in [-0.3, -0.25) is 4.79 Å². The summed E-state index contributed by atoms with van der Waals surface area (Å²) in [6.07, 6.45) is 4.53. The molecule has 1 aliphatic rings. The molecular formula is C16H24N4OS. The van der Waals surface area contributed by atoms with E-state index < -0.39 is 0 Å². The lowest BCUT2D eigenvalue weighted by atomic mass is 9.89.